The SMILES string of the molecule is N#CC[C@H](COc1ccccn1)n1nnnc1[C@@H](COCc1ccccc1)NC(=O)C1(N)CCCC1. The smallest absolute Gasteiger partial charge is 0.240 e. The standard InChI is InChI=1S/C25H30N8O3/c26-14-11-20(17-36-22-10-4-7-15-28-22)33-23(30-31-32-33)21(18-35-16-19-8-2-1-3-9-19)29-24(34)25(27)12-5-6-13-25/h1-4,7-10,15,20-21H,5-6,11-13,16-18,27H2,(H,29,34)/t20-,21-/m1/s1. The maximum Gasteiger partial charge on any atom is 0.240 e. The molecule has 2 atom stereocenters. The van der Waals surface area contributed by atoms with Gasteiger partial charge in [-0.25, -0.2) is 9.67 Å². The van der Waals surface area contributed by atoms with Crippen molar-refractivity contribution in [1.82, 2.24) is 30.5 Å². The summed E-state index contributed by atoms with van der Waals surface area (Å²) in [4.78, 5) is 17.3. The van der Waals surface area contributed by atoms with Crippen molar-refractivity contribution in [1.29, 1.82) is 5.26 Å². The molecular formula is C25H30N8O3. The lowest BCUT2D eigenvalue weighted by atomic mass is 9.97. The minimum atomic E-state index is -0.926. The summed E-state index contributed by atoms with van der Waals surface area (Å²) in [5.41, 5.74) is 6.47. The van der Waals surface area contributed by atoms with Crippen LogP contribution in [0, 0.1) is 11.3 Å². The van der Waals surface area contributed by atoms with Crippen LogP contribution in [0.25, 0.3) is 0 Å². The number of tetrazole rings is 1. The van der Waals surface area contributed by atoms with E-state index in [2.05, 4.69) is 31.9 Å². The van der Waals surface area contributed by atoms with Gasteiger partial charge in [0.15, 0.2) is 5.82 Å². The van der Waals surface area contributed by atoms with Crippen LogP contribution in [0.15, 0.2) is 54.7 Å². The van der Waals surface area contributed by atoms with Gasteiger partial charge in [0.1, 0.15) is 18.7 Å². The van der Waals surface area contributed by atoms with Crippen molar-refractivity contribution < 1.29 is 14.3 Å². The number of pyridine rings is 1. The normalized spacial score (nSPS) is 16.1. The van der Waals surface area contributed by atoms with E-state index in [1.54, 1.807) is 18.3 Å². The fourth-order valence-corrected chi connectivity index (χ4v) is 4.21. The molecule has 0 unspecified atom stereocenters. The summed E-state index contributed by atoms with van der Waals surface area (Å²) in [6, 6.07) is 16.0. The highest BCUT2D eigenvalue weighted by Crippen LogP contribution is 2.28. The number of carbonyl (C=O) groups is 1. The molecule has 2 aromatic heterocycles. The number of nitriles is 1. The Kier molecular flexibility index (Phi) is 8.54. The second-order valence-electron chi connectivity index (χ2n) is 8.87. The van der Waals surface area contributed by atoms with E-state index in [9.17, 15) is 10.1 Å². The Morgan fingerprint density at radius 2 is 1.94 bits per heavy atom. The number of hydrogen-bond acceptors (Lipinski definition) is 9. The van der Waals surface area contributed by atoms with Gasteiger partial charge in [-0.3, -0.25) is 4.79 Å². The van der Waals surface area contributed by atoms with Gasteiger partial charge in [0.05, 0.1) is 31.2 Å². The van der Waals surface area contributed by atoms with Crippen LogP contribution < -0.4 is 15.8 Å². The molecule has 1 fully saturated rings. The van der Waals surface area contributed by atoms with Gasteiger partial charge < -0.3 is 20.5 Å². The number of amides is 1. The maximum absolute atomic E-state index is 13.2. The molecule has 0 radical (unpaired) electrons. The highest BCUT2D eigenvalue weighted by molar-refractivity contribution is 5.86. The van der Waals surface area contributed by atoms with E-state index < -0.39 is 17.6 Å². The van der Waals surface area contributed by atoms with Crippen molar-refractivity contribution in [2.45, 2.75) is 56.3 Å². The van der Waals surface area contributed by atoms with Gasteiger partial charge >= 0.3 is 0 Å². The van der Waals surface area contributed by atoms with Crippen molar-refractivity contribution >= 4 is 5.91 Å². The quantitative estimate of drug-likeness (QED) is 0.389. The first-order chi connectivity index (χ1) is 17.6. The van der Waals surface area contributed by atoms with Crippen LogP contribution in [0.2, 0.25) is 0 Å². The van der Waals surface area contributed by atoms with Crippen LogP contribution >= 0.6 is 0 Å². The topological polar surface area (TPSA) is 154 Å². The van der Waals surface area contributed by atoms with E-state index in [4.69, 9.17) is 15.2 Å². The van der Waals surface area contributed by atoms with Crippen molar-refractivity contribution in [2.24, 2.45) is 5.73 Å². The zero-order valence-electron chi connectivity index (χ0n) is 20.0. The van der Waals surface area contributed by atoms with E-state index >= 15 is 0 Å². The molecule has 188 valence electrons. The molecule has 0 aliphatic heterocycles. The Balaban J connectivity index is 1.53. The average Bonchev–Trinajstić information content (AvgIpc) is 3.57. The molecule has 3 aromatic rings. The van der Waals surface area contributed by atoms with Crippen LogP contribution in [0.1, 0.15) is 55.6 Å². The molecular weight excluding hydrogens is 460 g/mol. The fraction of sp³-hybridized carbons (Fsp3) is 0.440. The number of nitrogens with two attached hydrogens (primary N) is 1. The molecule has 11 nitrogen and oxygen atoms in total. The number of benzene rings is 1. The molecule has 36 heavy (non-hydrogen) atoms. The highest BCUT2D eigenvalue weighted by atomic mass is 16.5. The molecule has 1 amide bonds. The molecule has 1 saturated carbocycles. The monoisotopic (exact) mass is 490 g/mol. The minimum absolute atomic E-state index is 0.0945. The minimum Gasteiger partial charge on any atom is -0.475 e. The number of nitrogens with one attached hydrogen (secondary N) is 1. The van der Waals surface area contributed by atoms with Gasteiger partial charge in [0.25, 0.3) is 0 Å². The third kappa shape index (κ3) is 6.41. The Hall–Kier alpha value is -3.88. The zero-order chi connectivity index (χ0) is 25.2. The number of nitrogens with zero attached hydrogens (tertiary/aromatic N) is 6. The van der Waals surface area contributed by atoms with E-state index in [-0.39, 0.29) is 25.5 Å². The molecule has 1 aliphatic rings. The number of rotatable bonds is 12. The molecule has 4 rings (SSSR count). The van der Waals surface area contributed by atoms with Crippen molar-refractivity contribution in [3.8, 4) is 11.9 Å². The van der Waals surface area contributed by atoms with Crippen LogP contribution in [0.3, 0.4) is 0 Å². The maximum atomic E-state index is 13.2. The van der Waals surface area contributed by atoms with E-state index in [0.29, 0.717) is 31.2 Å². The summed E-state index contributed by atoms with van der Waals surface area (Å²) < 4.78 is 13.2. The fourth-order valence-electron chi connectivity index (χ4n) is 4.21. The summed E-state index contributed by atoms with van der Waals surface area (Å²) in [5.74, 6) is 0.532. The van der Waals surface area contributed by atoms with Gasteiger partial charge in [-0.1, -0.05) is 49.2 Å². The van der Waals surface area contributed by atoms with E-state index in [1.165, 1.54) is 4.68 Å². The van der Waals surface area contributed by atoms with Crippen molar-refractivity contribution in [2.75, 3.05) is 13.2 Å². The average molecular weight is 491 g/mol. The van der Waals surface area contributed by atoms with Crippen LogP contribution in [0.5, 0.6) is 5.88 Å². The van der Waals surface area contributed by atoms with Gasteiger partial charge in [0.2, 0.25) is 11.8 Å². The summed E-state index contributed by atoms with van der Waals surface area (Å²) in [7, 11) is 0. The molecule has 3 N–H and O–H groups in total. The molecule has 11 heteroatoms. The van der Waals surface area contributed by atoms with Crippen LogP contribution in [-0.2, 0) is 16.1 Å². The number of carbonyl (C=O) groups excluding carboxylic acids is 1. The first kappa shape index (κ1) is 25.2. The summed E-state index contributed by atoms with van der Waals surface area (Å²) in [6.45, 7) is 0.597. The van der Waals surface area contributed by atoms with Crippen molar-refractivity contribution in [3.63, 3.8) is 0 Å². The Labute approximate surface area is 209 Å². The summed E-state index contributed by atoms with van der Waals surface area (Å²) in [5, 5.41) is 24.6. The van der Waals surface area contributed by atoms with Crippen LogP contribution in [-0.4, -0.2) is 49.9 Å². The van der Waals surface area contributed by atoms with Gasteiger partial charge in [0, 0.05) is 12.3 Å². The Bertz CT molecular complexity index is 1140. The number of aromatic nitrogens is 5. The Morgan fingerprint density at radius 3 is 2.67 bits per heavy atom. The van der Waals surface area contributed by atoms with Gasteiger partial charge in [-0.15, -0.1) is 5.10 Å². The Morgan fingerprint density at radius 1 is 1.17 bits per heavy atom. The molecule has 0 saturated heterocycles. The van der Waals surface area contributed by atoms with Gasteiger partial charge in [-0.2, -0.15) is 5.26 Å². The van der Waals surface area contributed by atoms with Crippen LogP contribution in [0.4, 0.5) is 0 Å². The lowest BCUT2D eigenvalue weighted by Gasteiger charge is -2.27. The number of hydrogen-bond donors (Lipinski definition) is 2. The molecule has 1 aliphatic carbocycles. The third-order valence-corrected chi connectivity index (χ3v) is 6.21. The second kappa shape index (κ2) is 12.2. The van der Waals surface area contributed by atoms with Gasteiger partial charge in [-0.05, 0) is 34.9 Å². The second-order valence-corrected chi connectivity index (χ2v) is 8.87. The number of ether oxygens (including phenoxy) is 2. The highest BCUT2D eigenvalue weighted by Gasteiger charge is 2.39. The van der Waals surface area contributed by atoms with E-state index in [1.807, 2.05) is 36.4 Å². The lowest BCUT2D eigenvalue weighted by molar-refractivity contribution is -0.127. The molecule has 0 bridgehead atoms. The van der Waals surface area contributed by atoms with Crippen molar-refractivity contribution in [3.05, 3.63) is 66.1 Å². The largest absolute Gasteiger partial charge is 0.475 e. The predicted octanol–water partition coefficient (Wildman–Crippen LogP) is 2.25. The molecule has 1 aromatic carbocycles. The third-order valence-electron chi connectivity index (χ3n) is 6.21. The van der Waals surface area contributed by atoms with E-state index in [0.717, 1.165) is 18.4 Å². The zero-order valence-corrected chi connectivity index (χ0v) is 20.0. The predicted molar refractivity (Wildman–Crippen MR) is 129 cm³/mol. The molecule has 0 spiro atoms. The first-order valence-corrected chi connectivity index (χ1v) is 12.0. The summed E-state index contributed by atoms with van der Waals surface area (Å²) in [6.07, 6.45) is 4.78. The first-order valence-electron chi connectivity index (χ1n) is 12.0. The summed E-state index contributed by atoms with van der Waals surface area (Å²) >= 11 is 0. The molecule has 2 heterocycles. The lowest BCUT2D eigenvalue weighted by Crippen LogP contribution is -2.53.